The quantitative estimate of drug-likeness (QED) is 0.898. The molecule has 0 spiro atoms. The zero-order valence-corrected chi connectivity index (χ0v) is 13.7. The van der Waals surface area contributed by atoms with Crippen molar-refractivity contribution in [3.8, 4) is 5.75 Å². The van der Waals surface area contributed by atoms with Gasteiger partial charge in [0.15, 0.2) is 0 Å². The van der Waals surface area contributed by atoms with Gasteiger partial charge < -0.3 is 15.4 Å². The lowest BCUT2D eigenvalue weighted by Crippen LogP contribution is -2.58. The fourth-order valence-corrected chi connectivity index (χ4v) is 2.90. The molecule has 1 saturated heterocycles. The molecule has 6 nitrogen and oxygen atoms in total. The lowest BCUT2D eigenvalue weighted by atomic mass is 10.0. The molecule has 0 bridgehead atoms. The molecule has 23 heavy (non-hydrogen) atoms. The highest BCUT2D eigenvalue weighted by Gasteiger charge is 2.36. The van der Waals surface area contributed by atoms with Crippen molar-refractivity contribution in [3.63, 3.8) is 0 Å². The molecular formula is C17H22N4O2. The van der Waals surface area contributed by atoms with Crippen LogP contribution in [0.5, 0.6) is 5.75 Å². The van der Waals surface area contributed by atoms with E-state index in [1.54, 1.807) is 4.90 Å². The van der Waals surface area contributed by atoms with Crippen LogP contribution in [0.4, 0.5) is 0 Å². The highest BCUT2D eigenvalue weighted by atomic mass is 16.5. The fourth-order valence-electron chi connectivity index (χ4n) is 2.90. The van der Waals surface area contributed by atoms with E-state index in [0.717, 1.165) is 28.3 Å². The zero-order chi connectivity index (χ0) is 16.6. The number of hydrogen-bond donors (Lipinski definition) is 2. The van der Waals surface area contributed by atoms with Gasteiger partial charge in [0.25, 0.3) is 0 Å². The molecular weight excluding hydrogens is 292 g/mol. The molecule has 1 amide bonds. The van der Waals surface area contributed by atoms with E-state index < -0.39 is 6.04 Å². The number of nitrogens with two attached hydrogens (primary N) is 1. The Morgan fingerprint density at radius 2 is 2.04 bits per heavy atom. The van der Waals surface area contributed by atoms with Crippen LogP contribution in [-0.2, 0) is 4.79 Å². The SMILES string of the molecule is Cc1ccccc1OC1CN(C(=O)[C@H](N)c2c(C)n[nH]c2C)C1. The third kappa shape index (κ3) is 2.94. The van der Waals surface area contributed by atoms with Crippen molar-refractivity contribution < 1.29 is 9.53 Å². The molecule has 3 N–H and O–H groups in total. The number of hydrogen-bond acceptors (Lipinski definition) is 4. The molecule has 6 heteroatoms. The van der Waals surface area contributed by atoms with E-state index in [1.165, 1.54) is 0 Å². The number of rotatable bonds is 4. The number of nitrogens with zero attached hydrogens (tertiary/aromatic N) is 2. The molecule has 0 saturated carbocycles. The van der Waals surface area contributed by atoms with Gasteiger partial charge in [0.1, 0.15) is 17.9 Å². The van der Waals surface area contributed by atoms with Crippen LogP contribution in [0.15, 0.2) is 24.3 Å². The predicted molar refractivity (Wildman–Crippen MR) is 87.2 cm³/mol. The molecule has 0 unspecified atom stereocenters. The number of H-pyrrole nitrogens is 1. The van der Waals surface area contributed by atoms with E-state index in [9.17, 15) is 4.79 Å². The summed E-state index contributed by atoms with van der Waals surface area (Å²) in [4.78, 5) is 14.2. The number of carbonyl (C=O) groups excluding carboxylic acids is 1. The number of para-hydroxylation sites is 1. The number of aromatic amines is 1. The smallest absolute Gasteiger partial charge is 0.244 e. The molecule has 1 fully saturated rings. The minimum absolute atomic E-state index is 0.0267. The number of aromatic nitrogens is 2. The summed E-state index contributed by atoms with van der Waals surface area (Å²) in [5.41, 5.74) is 9.63. The van der Waals surface area contributed by atoms with E-state index in [4.69, 9.17) is 10.5 Å². The van der Waals surface area contributed by atoms with Gasteiger partial charge in [0, 0.05) is 11.3 Å². The van der Waals surface area contributed by atoms with E-state index in [0.29, 0.717) is 13.1 Å². The maximum Gasteiger partial charge on any atom is 0.244 e. The molecule has 122 valence electrons. The first-order valence-corrected chi connectivity index (χ1v) is 7.75. The standard InChI is InChI=1S/C17H22N4O2/c1-10-6-4-5-7-14(10)23-13-8-21(9-13)17(22)16(18)15-11(2)19-20-12(15)3/h4-7,13,16H,8-9,18H2,1-3H3,(H,19,20)/t16-/m1/s1. The first-order valence-electron chi connectivity index (χ1n) is 7.75. The number of aryl methyl sites for hydroxylation is 3. The number of ether oxygens (including phenoxy) is 1. The Labute approximate surface area is 135 Å². The number of carbonyl (C=O) groups is 1. The summed E-state index contributed by atoms with van der Waals surface area (Å²) in [6, 6.07) is 7.21. The van der Waals surface area contributed by atoms with Gasteiger partial charge in [0.2, 0.25) is 5.91 Å². The fraction of sp³-hybridized carbons (Fsp3) is 0.412. The minimum Gasteiger partial charge on any atom is -0.486 e. The number of benzene rings is 1. The predicted octanol–water partition coefficient (Wildman–Crippen LogP) is 1.62. The Morgan fingerprint density at radius 3 is 2.65 bits per heavy atom. The van der Waals surface area contributed by atoms with Crippen molar-refractivity contribution in [1.29, 1.82) is 0 Å². The second-order valence-corrected chi connectivity index (χ2v) is 6.07. The van der Waals surface area contributed by atoms with Gasteiger partial charge in [-0.3, -0.25) is 9.89 Å². The van der Waals surface area contributed by atoms with Crippen LogP contribution in [0.3, 0.4) is 0 Å². The first kappa shape index (κ1) is 15.6. The maximum absolute atomic E-state index is 12.5. The van der Waals surface area contributed by atoms with E-state index in [1.807, 2.05) is 45.0 Å². The van der Waals surface area contributed by atoms with Crippen molar-refractivity contribution in [1.82, 2.24) is 15.1 Å². The Balaban J connectivity index is 1.59. The van der Waals surface area contributed by atoms with Gasteiger partial charge >= 0.3 is 0 Å². The van der Waals surface area contributed by atoms with Crippen molar-refractivity contribution in [3.05, 3.63) is 46.8 Å². The summed E-state index contributed by atoms with van der Waals surface area (Å²) in [7, 11) is 0. The van der Waals surface area contributed by atoms with E-state index >= 15 is 0 Å². The number of nitrogens with one attached hydrogen (secondary N) is 1. The summed E-state index contributed by atoms with van der Waals surface area (Å²) >= 11 is 0. The largest absolute Gasteiger partial charge is 0.486 e. The molecule has 1 aromatic heterocycles. The highest BCUT2D eigenvalue weighted by molar-refractivity contribution is 5.84. The third-order valence-corrected chi connectivity index (χ3v) is 4.31. The van der Waals surface area contributed by atoms with Gasteiger partial charge in [-0.1, -0.05) is 18.2 Å². The van der Waals surface area contributed by atoms with Crippen LogP contribution in [0.1, 0.15) is 28.6 Å². The van der Waals surface area contributed by atoms with E-state index in [2.05, 4.69) is 10.2 Å². The molecule has 0 radical (unpaired) electrons. The minimum atomic E-state index is -0.673. The van der Waals surface area contributed by atoms with Crippen LogP contribution in [-0.4, -0.2) is 40.2 Å². The second kappa shape index (κ2) is 6.04. The van der Waals surface area contributed by atoms with Crippen molar-refractivity contribution in [2.45, 2.75) is 32.9 Å². The topological polar surface area (TPSA) is 84.2 Å². The molecule has 1 aliphatic heterocycles. The van der Waals surface area contributed by atoms with Crippen molar-refractivity contribution in [2.75, 3.05) is 13.1 Å². The number of amides is 1. The average molecular weight is 314 g/mol. The van der Waals surface area contributed by atoms with Crippen LogP contribution in [0.25, 0.3) is 0 Å². The molecule has 1 aliphatic rings. The lowest BCUT2D eigenvalue weighted by molar-refractivity contribution is -0.141. The average Bonchev–Trinajstić information content (AvgIpc) is 2.82. The van der Waals surface area contributed by atoms with Crippen LogP contribution in [0.2, 0.25) is 0 Å². The van der Waals surface area contributed by atoms with Crippen LogP contribution >= 0.6 is 0 Å². The molecule has 2 aromatic rings. The molecule has 1 atom stereocenters. The van der Waals surface area contributed by atoms with Gasteiger partial charge in [-0.05, 0) is 32.4 Å². The summed E-state index contributed by atoms with van der Waals surface area (Å²) in [6.45, 7) is 6.87. The summed E-state index contributed by atoms with van der Waals surface area (Å²) in [5, 5.41) is 6.97. The molecule has 1 aromatic carbocycles. The Bertz CT molecular complexity index is 700. The van der Waals surface area contributed by atoms with Gasteiger partial charge in [-0.15, -0.1) is 0 Å². The van der Waals surface area contributed by atoms with Crippen molar-refractivity contribution in [2.24, 2.45) is 5.73 Å². The van der Waals surface area contributed by atoms with Gasteiger partial charge in [0.05, 0.1) is 18.8 Å². The second-order valence-electron chi connectivity index (χ2n) is 6.07. The van der Waals surface area contributed by atoms with E-state index in [-0.39, 0.29) is 12.0 Å². The van der Waals surface area contributed by atoms with Gasteiger partial charge in [-0.2, -0.15) is 5.10 Å². The Morgan fingerprint density at radius 1 is 1.35 bits per heavy atom. The highest BCUT2D eigenvalue weighted by Crippen LogP contribution is 2.25. The summed E-state index contributed by atoms with van der Waals surface area (Å²) in [5.74, 6) is 0.789. The Kier molecular flexibility index (Phi) is 4.09. The molecule has 0 aliphatic carbocycles. The molecule has 2 heterocycles. The summed E-state index contributed by atoms with van der Waals surface area (Å²) in [6.07, 6.45) is 0.0267. The lowest BCUT2D eigenvalue weighted by Gasteiger charge is -2.40. The van der Waals surface area contributed by atoms with Gasteiger partial charge in [-0.25, -0.2) is 0 Å². The first-order chi connectivity index (χ1) is 11.0. The van der Waals surface area contributed by atoms with Crippen molar-refractivity contribution >= 4 is 5.91 Å². The third-order valence-electron chi connectivity index (χ3n) is 4.31. The Hall–Kier alpha value is -2.34. The monoisotopic (exact) mass is 314 g/mol. The van der Waals surface area contributed by atoms with Crippen LogP contribution in [0, 0.1) is 20.8 Å². The molecule has 3 rings (SSSR count). The maximum atomic E-state index is 12.5. The normalized spacial score (nSPS) is 16.1. The summed E-state index contributed by atoms with van der Waals surface area (Å²) < 4.78 is 5.93. The number of likely N-dealkylation sites (tertiary alicyclic amines) is 1. The zero-order valence-electron chi connectivity index (χ0n) is 13.7. The van der Waals surface area contributed by atoms with Crippen LogP contribution < -0.4 is 10.5 Å².